The number of nitrogens with zero attached hydrogens (tertiary/aromatic N) is 1. The Balaban J connectivity index is 2.67. The molecule has 0 amide bonds. The summed E-state index contributed by atoms with van der Waals surface area (Å²) < 4.78 is 0. The molecule has 3 aromatic rings. The van der Waals surface area contributed by atoms with E-state index in [0.29, 0.717) is 16.4 Å². The number of H-pyrrole nitrogens is 2. The van der Waals surface area contributed by atoms with Gasteiger partial charge in [-0.05, 0) is 25.1 Å². The maximum atomic E-state index is 11.8. The molecule has 0 aliphatic carbocycles. The molecule has 0 spiro atoms. The zero-order valence-electron chi connectivity index (χ0n) is 8.53. The minimum Gasteiger partial charge on any atom is -0.508 e. The van der Waals surface area contributed by atoms with E-state index >= 15 is 0 Å². The minimum absolute atomic E-state index is 0.154. The van der Waals surface area contributed by atoms with Crippen molar-refractivity contribution in [3.05, 3.63) is 34.2 Å². The minimum atomic E-state index is -0.167. The number of hydrogen-bond donors (Lipinski definition) is 3. The second-order valence-corrected chi connectivity index (χ2v) is 3.76. The van der Waals surface area contributed by atoms with Crippen molar-refractivity contribution < 1.29 is 5.11 Å². The Morgan fingerprint density at radius 3 is 3.00 bits per heavy atom. The summed E-state index contributed by atoms with van der Waals surface area (Å²) in [6.07, 6.45) is 0. The van der Waals surface area contributed by atoms with Crippen molar-refractivity contribution in [2.24, 2.45) is 0 Å². The first-order valence-electron chi connectivity index (χ1n) is 4.86. The van der Waals surface area contributed by atoms with Gasteiger partial charge in [0.2, 0.25) is 0 Å². The van der Waals surface area contributed by atoms with Crippen LogP contribution in [-0.2, 0) is 0 Å². The number of hydrogen-bond acceptors (Lipinski definition) is 3. The standard InChI is InChI=1S/C11H9N3O2/c1-5-9-10(14-13-5)7-4-6(15)2-3-8(7)12-11(9)16/h2-4,15H,1H3,(H,12,16)(H,13,14). The summed E-state index contributed by atoms with van der Waals surface area (Å²) in [4.78, 5) is 14.5. The Kier molecular flexibility index (Phi) is 1.60. The average Bonchev–Trinajstić information content (AvgIpc) is 2.63. The molecule has 0 saturated heterocycles. The highest BCUT2D eigenvalue weighted by Crippen LogP contribution is 2.24. The molecule has 0 aliphatic heterocycles. The van der Waals surface area contributed by atoms with Crippen LogP contribution in [0.4, 0.5) is 0 Å². The normalized spacial score (nSPS) is 11.3. The molecule has 3 rings (SSSR count). The second kappa shape index (κ2) is 2.85. The quantitative estimate of drug-likeness (QED) is 0.530. The number of rotatable bonds is 0. The van der Waals surface area contributed by atoms with Gasteiger partial charge in [-0.25, -0.2) is 0 Å². The molecular formula is C11H9N3O2. The Hall–Kier alpha value is -2.30. The lowest BCUT2D eigenvalue weighted by Gasteiger charge is -1.99. The molecule has 0 saturated carbocycles. The van der Waals surface area contributed by atoms with Gasteiger partial charge < -0.3 is 10.1 Å². The summed E-state index contributed by atoms with van der Waals surface area (Å²) in [5.74, 6) is 0.154. The van der Waals surface area contributed by atoms with Crippen molar-refractivity contribution in [1.82, 2.24) is 15.2 Å². The largest absolute Gasteiger partial charge is 0.508 e. The molecule has 1 aromatic carbocycles. The van der Waals surface area contributed by atoms with Crippen LogP contribution in [0.3, 0.4) is 0 Å². The second-order valence-electron chi connectivity index (χ2n) is 3.76. The predicted octanol–water partition coefficient (Wildman–Crippen LogP) is 1.42. The number of nitrogens with one attached hydrogen (secondary N) is 2. The topological polar surface area (TPSA) is 81.8 Å². The Bertz CT molecular complexity index is 755. The number of aromatic amines is 2. The van der Waals surface area contributed by atoms with Crippen LogP contribution in [0.25, 0.3) is 21.8 Å². The van der Waals surface area contributed by atoms with Gasteiger partial charge in [-0.3, -0.25) is 9.89 Å². The molecular weight excluding hydrogens is 206 g/mol. The molecule has 3 N–H and O–H groups in total. The molecule has 2 aromatic heterocycles. The van der Waals surface area contributed by atoms with Crippen LogP contribution in [0, 0.1) is 6.92 Å². The van der Waals surface area contributed by atoms with Gasteiger partial charge in [-0.1, -0.05) is 0 Å². The van der Waals surface area contributed by atoms with Gasteiger partial charge in [0, 0.05) is 11.1 Å². The van der Waals surface area contributed by atoms with E-state index in [0.717, 1.165) is 11.1 Å². The highest BCUT2D eigenvalue weighted by Gasteiger charge is 2.10. The Morgan fingerprint density at radius 2 is 2.19 bits per heavy atom. The third-order valence-corrected chi connectivity index (χ3v) is 2.68. The van der Waals surface area contributed by atoms with Crippen LogP contribution >= 0.6 is 0 Å². The predicted molar refractivity (Wildman–Crippen MR) is 60.6 cm³/mol. The van der Waals surface area contributed by atoms with Crippen molar-refractivity contribution >= 4 is 21.8 Å². The third-order valence-electron chi connectivity index (χ3n) is 2.68. The molecule has 2 heterocycles. The van der Waals surface area contributed by atoms with Crippen LogP contribution in [0.2, 0.25) is 0 Å². The molecule has 0 unspecified atom stereocenters. The van der Waals surface area contributed by atoms with Gasteiger partial charge in [0.1, 0.15) is 11.3 Å². The fourth-order valence-electron chi connectivity index (χ4n) is 1.92. The average molecular weight is 215 g/mol. The fourth-order valence-corrected chi connectivity index (χ4v) is 1.92. The van der Waals surface area contributed by atoms with Gasteiger partial charge >= 0.3 is 0 Å². The molecule has 0 aliphatic rings. The molecule has 0 radical (unpaired) electrons. The first-order valence-corrected chi connectivity index (χ1v) is 4.86. The van der Waals surface area contributed by atoms with Gasteiger partial charge in [0.05, 0.1) is 10.9 Å². The van der Waals surface area contributed by atoms with Gasteiger partial charge in [0.25, 0.3) is 5.56 Å². The number of aryl methyl sites for hydroxylation is 1. The summed E-state index contributed by atoms with van der Waals surface area (Å²) in [6.45, 7) is 1.79. The van der Waals surface area contributed by atoms with Crippen molar-refractivity contribution in [3.8, 4) is 5.75 Å². The van der Waals surface area contributed by atoms with E-state index in [2.05, 4.69) is 15.2 Å². The third kappa shape index (κ3) is 1.05. The molecule has 0 bridgehead atoms. The summed E-state index contributed by atoms with van der Waals surface area (Å²) >= 11 is 0. The Labute approximate surface area is 89.7 Å². The lowest BCUT2D eigenvalue weighted by atomic mass is 10.1. The summed E-state index contributed by atoms with van der Waals surface area (Å²) in [5, 5.41) is 17.6. The lowest BCUT2D eigenvalue weighted by Crippen LogP contribution is -2.06. The summed E-state index contributed by atoms with van der Waals surface area (Å²) in [7, 11) is 0. The van der Waals surface area contributed by atoms with Crippen molar-refractivity contribution in [3.63, 3.8) is 0 Å². The summed E-state index contributed by atoms with van der Waals surface area (Å²) in [5.41, 5.74) is 1.81. The van der Waals surface area contributed by atoms with E-state index in [1.807, 2.05) is 0 Å². The zero-order chi connectivity index (χ0) is 11.3. The number of aromatic hydroxyl groups is 1. The summed E-state index contributed by atoms with van der Waals surface area (Å²) in [6, 6.07) is 4.78. The molecule has 5 heteroatoms. The van der Waals surface area contributed by atoms with Gasteiger partial charge in [-0.15, -0.1) is 0 Å². The van der Waals surface area contributed by atoms with E-state index < -0.39 is 0 Å². The highest BCUT2D eigenvalue weighted by molar-refractivity contribution is 6.04. The zero-order valence-corrected chi connectivity index (χ0v) is 8.53. The first kappa shape index (κ1) is 8.96. The van der Waals surface area contributed by atoms with Gasteiger partial charge in [0.15, 0.2) is 0 Å². The number of fused-ring (bicyclic) bond motifs is 3. The number of phenols is 1. The number of pyridine rings is 1. The maximum Gasteiger partial charge on any atom is 0.259 e. The molecule has 16 heavy (non-hydrogen) atoms. The van der Waals surface area contributed by atoms with Crippen molar-refractivity contribution in [2.45, 2.75) is 6.92 Å². The SMILES string of the molecule is Cc1[nH]nc2c1c(=O)[nH]c1ccc(O)cc12. The molecule has 80 valence electrons. The van der Waals surface area contributed by atoms with Crippen LogP contribution in [0.15, 0.2) is 23.0 Å². The number of benzene rings is 1. The van der Waals surface area contributed by atoms with Crippen LogP contribution < -0.4 is 5.56 Å². The Morgan fingerprint density at radius 1 is 1.38 bits per heavy atom. The van der Waals surface area contributed by atoms with Crippen LogP contribution in [0.5, 0.6) is 5.75 Å². The maximum absolute atomic E-state index is 11.8. The lowest BCUT2D eigenvalue weighted by molar-refractivity contribution is 0.476. The van der Waals surface area contributed by atoms with E-state index in [1.54, 1.807) is 19.1 Å². The first-order chi connectivity index (χ1) is 7.66. The molecule has 0 fully saturated rings. The monoisotopic (exact) mass is 215 g/mol. The highest BCUT2D eigenvalue weighted by atomic mass is 16.3. The van der Waals surface area contributed by atoms with E-state index in [4.69, 9.17) is 0 Å². The van der Waals surface area contributed by atoms with E-state index in [9.17, 15) is 9.90 Å². The fraction of sp³-hybridized carbons (Fsp3) is 0.0909. The molecule has 5 nitrogen and oxygen atoms in total. The van der Waals surface area contributed by atoms with E-state index in [-0.39, 0.29) is 11.3 Å². The van der Waals surface area contributed by atoms with Crippen LogP contribution in [-0.4, -0.2) is 20.3 Å². The molecule has 0 atom stereocenters. The van der Waals surface area contributed by atoms with Gasteiger partial charge in [-0.2, -0.15) is 5.10 Å². The van der Waals surface area contributed by atoms with Crippen molar-refractivity contribution in [2.75, 3.05) is 0 Å². The smallest absolute Gasteiger partial charge is 0.259 e. The van der Waals surface area contributed by atoms with Crippen molar-refractivity contribution in [1.29, 1.82) is 0 Å². The van der Waals surface area contributed by atoms with E-state index in [1.165, 1.54) is 6.07 Å². The number of aromatic nitrogens is 3. The number of phenolic OH excluding ortho intramolecular Hbond substituents is 1. The van der Waals surface area contributed by atoms with Crippen LogP contribution in [0.1, 0.15) is 5.69 Å².